The summed E-state index contributed by atoms with van der Waals surface area (Å²) in [4.78, 5) is 36.0. The van der Waals surface area contributed by atoms with E-state index in [0.717, 1.165) is 18.4 Å². The molecule has 3 rings (SSSR count). The molecule has 2 amide bonds. The van der Waals surface area contributed by atoms with Crippen LogP contribution in [0.25, 0.3) is 17.4 Å². The van der Waals surface area contributed by atoms with Gasteiger partial charge >= 0.3 is 0 Å². The molecule has 3 aromatic rings. The number of hydrogen-bond donors (Lipinski definition) is 2. The number of amides is 2. The summed E-state index contributed by atoms with van der Waals surface area (Å²) in [5.74, 6) is -0.128. The Morgan fingerprint density at radius 2 is 1.85 bits per heavy atom. The lowest BCUT2D eigenvalue weighted by atomic mass is 10.1. The number of nitrogens with zero attached hydrogens (tertiary/aromatic N) is 1. The van der Waals surface area contributed by atoms with Gasteiger partial charge in [0.25, 0.3) is 17.5 Å². The van der Waals surface area contributed by atoms with Crippen LogP contribution in [-0.2, 0) is 4.79 Å². The summed E-state index contributed by atoms with van der Waals surface area (Å²) in [5, 5.41) is 16.5. The van der Waals surface area contributed by atoms with Crippen LogP contribution in [0.2, 0.25) is 0 Å². The van der Waals surface area contributed by atoms with E-state index in [1.54, 1.807) is 36.4 Å². The van der Waals surface area contributed by atoms with Gasteiger partial charge in [-0.25, -0.2) is 0 Å². The molecule has 8 heteroatoms. The Labute approximate surface area is 191 Å². The molecule has 33 heavy (non-hydrogen) atoms. The van der Waals surface area contributed by atoms with Crippen LogP contribution in [0.5, 0.6) is 0 Å². The molecule has 0 atom stereocenters. The van der Waals surface area contributed by atoms with Gasteiger partial charge in [-0.15, -0.1) is 0 Å². The molecule has 0 aliphatic carbocycles. The molecule has 1 aromatic heterocycles. The van der Waals surface area contributed by atoms with Crippen molar-refractivity contribution in [2.45, 2.75) is 26.7 Å². The first kappa shape index (κ1) is 23.5. The number of nitrogens with one attached hydrogen (secondary N) is 2. The maximum absolute atomic E-state index is 12.7. The molecule has 2 aromatic carbocycles. The Bertz CT molecular complexity index is 1180. The van der Waals surface area contributed by atoms with Crippen molar-refractivity contribution in [1.82, 2.24) is 10.6 Å². The van der Waals surface area contributed by atoms with Gasteiger partial charge < -0.3 is 15.1 Å². The minimum atomic E-state index is -0.480. The number of carbonyl (C=O) groups is 2. The van der Waals surface area contributed by atoms with Crippen LogP contribution >= 0.6 is 0 Å². The molecule has 0 unspecified atom stereocenters. The lowest BCUT2D eigenvalue weighted by Gasteiger charge is -2.10. The van der Waals surface area contributed by atoms with Gasteiger partial charge in [-0.05, 0) is 37.6 Å². The Kier molecular flexibility index (Phi) is 7.75. The third kappa shape index (κ3) is 6.39. The number of rotatable bonds is 9. The average Bonchev–Trinajstić information content (AvgIpc) is 3.28. The number of nitro benzene ring substituents is 1. The molecule has 0 saturated carbocycles. The number of unbranched alkanes of at least 4 members (excludes halogenated alkanes) is 1. The highest BCUT2D eigenvalue weighted by Gasteiger charge is 2.16. The Hall–Kier alpha value is -4.20. The summed E-state index contributed by atoms with van der Waals surface area (Å²) in [6.07, 6.45) is 3.16. The third-order valence-electron chi connectivity index (χ3n) is 4.88. The Morgan fingerprint density at radius 3 is 2.55 bits per heavy atom. The summed E-state index contributed by atoms with van der Waals surface area (Å²) in [5.41, 5.74) is 1.95. The first-order valence-electron chi connectivity index (χ1n) is 10.6. The van der Waals surface area contributed by atoms with Crippen molar-refractivity contribution in [3.05, 3.63) is 93.4 Å². The SMILES string of the molecule is CCCCNC(=O)/C(=C\c1ccc(-c2cccc([N+](=O)[O-])c2)o1)NC(=O)c1ccc(C)cc1. The predicted molar refractivity (Wildman–Crippen MR) is 125 cm³/mol. The molecular formula is C25H25N3O5. The summed E-state index contributed by atoms with van der Waals surface area (Å²) in [6.45, 7) is 4.41. The van der Waals surface area contributed by atoms with E-state index in [1.165, 1.54) is 18.2 Å². The number of furan rings is 1. The van der Waals surface area contributed by atoms with Gasteiger partial charge in [-0.3, -0.25) is 19.7 Å². The highest BCUT2D eigenvalue weighted by molar-refractivity contribution is 6.05. The van der Waals surface area contributed by atoms with Crippen molar-refractivity contribution < 1.29 is 18.9 Å². The zero-order valence-corrected chi connectivity index (χ0v) is 18.5. The summed E-state index contributed by atoms with van der Waals surface area (Å²) in [6, 6.07) is 16.3. The van der Waals surface area contributed by atoms with Gasteiger partial charge in [0, 0.05) is 35.9 Å². The van der Waals surface area contributed by atoms with E-state index in [4.69, 9.17) is 4.42 Å². The van der Waals surface area contributed by atoms with Crippen molar-refractivity contribution in [3.8, 4) is 11.3 Å². The Morgan fingerprint density at radius 1 is 1.09 bits per heavy atom. The van der Waals surface area contributed by atoms with Crippen LogP contribution in [0.1, 0.15) is 41.4 Å². The van der Waals surface area contributed by atoms with Gasteiger partial charge in [0.2, 0.25) is 0 Å². The first-order valence-corrected chi connectivity index (χ1v) is 10.6. The van der Waals surface area contributed by atoms with Crippen LogP contribution in [0.3, 0.4) is 0 Å². The number of non-ortho nitro benzene ring substituents is 1. The van der Waals surface area contributed by atoms with Gasteiger partial charge in [0.15, 0.2) is 0 Å². The van der Waals surface area contributed by atoms with Crippen molar-refractivity contribution in [3.63, 3.8) is 0 Å². The lowest BCUT2D eigenvalue weighted by molar-refractivity contribution is -0.384. The molecule has 8 nitrogen and oxygen atoms in total. The molecule has 0 fully saturated rings. The maximum atomic E-state index is 12.7. The van der Waals surface area contributed by atoms with Crippen molar-refractivity contribution in [2.75, 3.05) is 6.54 Å². The summed E-state index contributed by atoms with van der Waals surface area (Å²) < 4.78 is 5.78. The summed E-state index contributed by atoms with van der Waals surface area (Å²) in [7, 11) is 0. The average molecular weight is 447 g/mol. The molecule has 170 valence electrons. The molecule has 0 aliphatic rings. The smallest absolute Gasteiger partial charge is 0.270 e. The molecule has 0 aliphatic heterocycles. The van der Waals surface area contributed by atoms with Crippen LogP contribution < -0.4 is 10.6 Å². The molecule has 0 spiro atoms. The van der Waals surface area contributed by atoms with Crippen LogP contribution in [-0.4, -0.2) is 23.3 Å². The number of nitro groups is 1. The number of benzene rings is 2. The number of aryl methyl sites for hydroxylation is 1. The van der Waals surface area contributed by atoms with Crippen LogP contribution in [0, 0.1) is 17.0 Å². The fraction of sp³-hybridized carbons (Fsp3) is 0.200. The van der Waals surface area contributed by atoms with Gasteiger partial charge in [0.05, 0.1) is 4.92 Å². The van der Waals surface area contributed by atoms with Crippen molar-refractivity contribution >= 4 is 23.6 Å². The highest BCUT2D eigenvalue weighted by Crippen LogP contribution is 2.26. The van der Waals surface area contributed by atoms with E-state index < -0.39 is 16.7 Å². The molecular weight excluding hydrogens is 422 g/mol. The maximum Gasteiger partial charge on any atom is 0.270 e. The second-order valence-corrected chi connectivity index (χ2v) is 7.50. The van der Waals surface area contributed by atoms with Crippen molar-refractivity contribution in [2.24, 2.45) is 0 Å². The van der Waals surface area contributed by atoms with Gasteiger partial charge in [-0.1, -0.05) is 43.2 Å². The zero-order chi connectivity index (χ0) is 23.8. The first-order chi connectivity index (χ1) is 15.9. The van der Waals surface area contributed by atoms with E-state index >= 15 is 0 Å². The van der Waals surface area contributed by atoms with E-state index in [-0.39, 0.29) is 11.4 Å². The van der Waals surface area contributed by atoms with E-state index in [2.05, 4.69) is 10.6 Å². The topological polar surface area (TPSA) is 114 Å². The third-order valence-corrected chi connectivity index (χ3v) is 4.88. The fourth-order valence-corrected chi connectivity index (χ4v) is 3.03. The predicted octanol–water partition coefficient (Wildman–Crippen LogP) is 4.85. The standard InChI is InChI=1S/C25H25N3O5/c1-3-4-14-26-25(30)22(27-24(29)18-10-8-17(2)9-11-18)16-21-12-13-23(33-21)19-6-5-7-20(15-19)28(31)32/h5-13,15-16H,3-4,14H2,1-2H3,(H,26,30)(H,27,29)/b22-16+. The second kappa shape index (κ2) is 10.9. The normalized spacial score (nSPS) is 11.2. The summed E-state index contributed by atoms with van der Waals surface area (Å²) >= 11 is 0. The number of carbonyl (C=O) groups excluding carboxylic acids is 2. The van der Waals surface area contributed by atoms with E-state index in [0.29, 0.717) is 29.2 Å². The highest BCUT2D eigenvalue weighted by atomic mass is 16.6. The zero-order valence-electron chi connectivity index (χ0n) is 18.5. The molecule has 1 heterocycles. The molecule has 2 N–H and O–H groups in total. The second-order valence-electron chi connectivity index (χ2n) is 7.50. The van der Waals surface area contributed by atoms with Crippen LogP contribution in [0.4, 0.5) is 5.69 Å². The fourth-order valence-electron chi connectivity index (χ4n) is 3.03. The largest absolute Gasteiger partial charge is 0.457 e. The van der Waals surface area contributed by atoms with Gasteiger partial charge in [0.1, 0.15) is 17.2 Å². The molecule has 0 bridgehead atoms. The molecule has 0 radical (unpaired) electrons. The minimum Gasteiger partial charge on any atom is -0.457 e. The lowest BCUT2D eigenvalue weighted by Crippen LogP contribution is -2.35. The van der Waals surface area contributed by atoms with Gasteiger partial charge in [-0.2, -0.15) is 0 Å². The minimum absolute atomic E-state index is 0.0385. The van der Waals surface area contributed by atoms with E-state index in [1.807, 2.05) is 26.0 Å². The number of hydrogen-bond acceptors (Lipinski definition) is 5. The van der Waals surface area contributed by atoms with Crippen LogP contribution in [0.15, 0.2) is 70.8 Å². The Balaban J connectivity index is 1.86. The van der Waals surface area contributed by atoms with Crippen molar-refractivity contribution in [1.29, 1.82) is 0 Å². The monoisotopic (exact) mass is 447 g/mol. The van der Waals surface area contributed by atoms with E-state index in [9.17, 15) is 19.7 Å². The quantitative estimate of drug-likeness (QED) is 0.211. The molecule has 0 saturated heterocycles.